The number of benzene rings is 1. The van der Waals surface area contributed by atoms with Gasteiger partial charge in [-0.05, 0) is 49.6 Å². The fourth-order valence-electron chi connectivity index (χ4n) is 2.63. The van der Waals surface area contributed by atoms with Gasteiger partial charge < -0.3 is 14.8 Å². The Morgan fingerprint density at radius 1 is 1.36 bits per heavy atom. The first-order valence-electron chi connectivity index (χ1n) is 7.25. The van der Waals surface area contributed by atoms with Gasteiger partial charge in [-0.1, -0.05) is 12.1 Å². The summed E-state index contributed by atoms with van der Waals surface area (Å²) in [5.74, 6) is -0.0638. The standard InChI is InChI=1S/C17H18FNO3/c1-16(21,14-3-2-10-22-14)11-19-15(20)17(8-9-17)12-4-6-13(18)7-5-12/h2-7,10,21H,8-9,11H2,1H3,(H,19,20). The molecule has 1 saturated carbocycles. The maximum absolute atomic E-state index is 13.0. The zero-order chi connectivity index (χ0) is 15.8. The van der Waals surface area contributed by atoms with Crippen LogP contribution in [0.5, 0.6) is 0 Å². The van der Waals surface area contributed by atoms with Crippen LogP contribution in [-0.4, -0.2) is 17.6 Å². The molecule has 3 rings (SSSR count). The van der Waals surface area contributed by atoms with Gasteiger partial charge in [-0.15, -0.1) is 0 Å². The van der Waals surface area contributed by atoms with E-state index < -0.39 is 11.0 Å². The highest BCUT2D eigenvalue weighted by molar-refractivity contribution is 5.91. The number of hydrogen-bond acceptors (Lipinski definition) is 3. The van der Waals surface area contributed by atoms with E-state index >= 15 is 0 Å². The van der Waals surface area contributed by atoms with Crippen LogP contribution in [0.25, 0.3) is 0 Å². The molecule has 1 heterocycles. The minimum atomic E-state index is -1.27. The first-order chi connectivity index (χ1) is 10.4. The smallest absolute Gasteiger partial charge is 0.230 e. The lowest BCUT2D eigenvalue weighted by molar-refractivity contribution is -0.125. The molecule has 1 aliphatic carbocycles. The first kappa shape index (κ1) is 14.8. The highest BCUT2D eigenvalue weighted by atomic mass is 19.1. The third kappa shape index (κ3) is 2.64. The Balaban J connectivity index is 1.68. The van der Waals surface area contributed by atoms with Crippen LogP contribution in [0.2, 0.25) is 0 Å². The Labute approximate surface area is 128 Å². The van der Waals surface area contributed by atoms with E-state index in [1.807, 2.05) is 0 Å². The molecule has 1 unspecified atom stereocenters. The van der Waals surface area contributed by atoms with Crippen LogP contribution in [0.1, 0.15) is 31.1 Å². The third-order valence-corrected chi connectivity index (χ3v) is 4.23. The van der Waals surface area contributed by atoms with Crippen LogP contribution in [0.3, 0.4) is 0 Å². The van der Waals surface area contributed by atoms with Crippen molar-refractivity contribution in [3.05, 3.63) is 59.8 Å². The second-order valence-electron chi connectivity index (χ2n) is 6.02. The van der Waals surface area contributed by atoms with Gasteiger partial charge in [-0.2, -0.15) is 0 Å². The number of furan rings is 1. The summed E-state index contributed by atoms with van der Waals surface area (Å²) in [4.78, 5) is 12.5. The largest absolute Gasteiger partial charge is 0.466 e. The minimum absolute atomic E-state index is 0.0578. The summed E-state index contributed by atoms with van der Waals surface area (Å²) in [6.07, 6.45) is 2.94. The number of hydrogen-bond donors (Lipinski definition) is 2. The van der Waals surface area contributed by atoms with Crippen molar-refractivity contribution in [1.82, 2.24) is 5.32 Å². The van der Waals surface area contributed by atoms with E-state index in [0.717, 1.165) is 18.4 Å². The topological polar surface area (TPSA) is 62.5 Å². The summed E-state index contributed by atoms with van der Waals surface area (Å²) in [6, 6.07) is 9.37. The van der Waals surface area contributed by atoms with E-state index in [4.69, 9.17) is 4.42 Å². The quantitative estimate of drug-likeness (QED) is 0.892. The monoisotopic (exact) mass is 303 g/mol. The summed E-state index contributed by atoms with van der Waals surface area (Å²) in [5, 5.41) is 13.1. The zero-order valence-electron chi connectivity index (χ0n) is 12.3. The van der Waals surface area contributed by atoms with Crippen molar-refractivity contribution < 1.29 is 18.7 Å². The van der Waals surface area contributed by atoms with Crippen molar-refractivity contribution in [3.8, 4) is 0 Å². The summed E-state index contributed by atoms with van der Waals surface area (Å²) < 4.78 is 18.2. The molecule has 1 fully saturated rings. The van der Waals surface area contributed by atoms with Crippen molar-refractivity contribution in [3.63, 3.8) is 0 Å². The molecular weight excluding hydrogens is 285 g/mol. The molecular formula is C17H18FNO3. The van der Waals surface area contributed by atoms with Crippen molar-refractivity contribution in [2.75, 3.05) is 6.54 Å². The van der Waals surface area contributed by atoms with Crippen LogP contribution >= 0.6 is 0 Å². The van der Waals surface area contributed by atoms with Gasteiger partial charge in [0.25, 0.3) is 0 Å². The second-order valence-corrected chi connectivity index (χ2v) is 6.02. The zero-order valence-corrected chi connectivity index (χ0v) is 12.3. The van der Waals surface area contributed by atoms with Gasteiger partial charge >= 0.3 is 0 Å². The molecule has 0 spiro atoms. The van der Waals surface area contributed by atoms with Crippen LogP contribution < -0.4 is 5.32 Å². The molecule has 0 aliphatic heterocycles. The molecule has 1 atom stereocenters. The van der Waals surface area contributed by atoms with Gasteiger partial charge in [-0.3, -0.25) is 4.79 Å². The molecule has 1 aromatic carbocycles. The van der Waals surface area contributed by atoms with Crippen LogP contribution in [0.15, 0.2) is 47.1 Å². The average molecular weight is 303 g/mol. The number of nitrogens with one attached hydrogen (secondary N) is 1. The highest BCUT2D eigenvalue weighted by Crippen LogP contribution is 2.48. The molecule has 2 N–H and O–H groups in total. The van der Waals surface area contributed by atoms with Crippen molar-refractivity contribution in [1.29, 1.82) is 0 Å². The molecule has 22 heavy (non-hydrogen) atoms. The molecule has 0 saturated heterocycles. The average Bonchev–Trinajstić information content (AvgIpc) is 3.10. The van der Waals surface area contributed by atoms with E-state index in [-0.39, 0.29) is 18.3 Å². The lowest BCUT2D eigenvalue weighted by Gasteiger charge is -2.23. The molecule has 1 aliphatic rings. The normalized spacial score (nSPS) is 18.5. The van der Waals surface area contributed by atoms with Gasteiger partial charge in [0.2, 0.25) is 5.91 Å². The summed E-state index contributed by atoms with van der Waals surface area (Å²) in [7, 11) is 0. The maximum atomic E-state index is 13.0. The highest BCUT2D eigenvalue weighted by Gasteiger charge is 2.51. The third-order valence-electron chi connectivity index (χ3n) is 4.23. The lowest BCUT2D eigenvalue weighted by atomic mass is 9.94. The van der Waals surface area contributed by atoms with Crippen molar-refractivity contribution in [2.45, 2.75) is 30.8 Å². The molecule has 4 nitrogen and oxygen atoms in total. The summed E-state index contributed by atoms with van der Waals surface area (Å²) in [5.41, 5.74) is -1.05. The second kappa shape index (κ2) is 5.25. The molecule has 1 aromatic heterocycles. The number of carbonyl (C=O) groups is 1. The van der Waals surface area contributed by atoms with Gasteiger partial charge in [0.1, 0.15) is 17.2 Å². The summed E-state index contributed by atoms with van der Waals surface area (Å²) >= 11 is 0. The predicted molar refractivity (Wildman–Crippen MR) is 78.6 cm³/mol. The van der Waals surface area contributed by atoms with E-state index in [2.05, 4.69) is 5.32 Å². The van der Waals surface area contributed by atoms with E-state index in [0.29, 0.717) is 5.76 Å². The first-order valence-corrected chi connectivity index (χ1v) is 7.25. The van der Waals surface area contributed by atoms with E-state index in [1.165, 1.54) is 18.4 Å². The number of aliphatic hydroxyl groups is 1. The summed E-state index contributed by atoms with van der Waals surface area (Å²) in [6.45, 7) is 1.64. The van der Waals surface area contributed by atoms with Crippen molar-refractivity contribution in [2.24, 2.45) is 0 Å². The van der Waals surface area contributed by atoms with Gasteiger partial charge in [0.05, 0.1) is 18.2 Å². The molecule has 0 radical (unpaired) electrons. The Hall–Kier alpha value is -2.14. The fourth-order valence-corrected chi connectivity index (χ4v) is 2.63. The molecule has 2 aromatic rings. The number of halogens is 1. The Morgan fingerprint density at radius 3 is 2.59 bits per heavy atom. The number of amides is 1. The fraction of sp³-hybridized carbons (Fsp3) is 0.353. The SMILES string of the molecule is CC(O)(CNC(=O)C1(c2ccc(F)cc2)CC1)c1ccco1. The van der Waals surface area contributed by atoms with Crippen LogP contribution in [-0.2, 0) is 15.8 Å². The van der Waals surface area contributed by atoms with Gasteiger partial charge in [0, 0.05) is 0 Å². The predicted octanol–water partition coefficient (Wildman–Crippen LogP) is 2.47. The van der Waals surface area contributed by atoms with Gasteiger partial charge in [0.15, 0.2) is 0 Å². The minimum Gasteiger partial charge on any atom is -0.466 e. The van der Waals surface area contributed by atoms with Crippen molar-refractivity contribution >= 4 is 5.91 Å². The van der Waals surface area contributed by atoms with Crippen LogP contribution in [0.4, 0.5) is 4.39 Å². The molecule has 5 heteroatoms. The van der Waals surface area contributed by atoms with Gasteiger partial charge in [-0.25, -0.2) is 4.39 Å². The lowest BCUT2D eigenvalue weighted by Crippen LogP contribution is -2.43. The molecule has 1 amide bonds. The van der Waals surface area contributed by atoms with E-state index in [1.54, 1.807) is 31.2 Å². The molecule has 116 valence electrons. The molecule has 0 bridgehead atoms. The Bertz CT molecular complexity index is 658. The van der Waals surface area contributed by atoms with Crippen LogP contribution in [0, 0.1) is 5.82 Å². The maximum Gasteiger partial charge on any atom is 0.230 e. The number of carbonyl (C=O) groups excluding carboxylic acids is 1. The Kier molecular flexibility index (Phi) is 3.53. The van der Waals surface area contributed by atoms with E-state index in [9.17, 15) is 14.3 Å². The number of rotatable bonds is 5. The Morgan fingerprint density at radius 2 is 2.05 bits per heavy atom.